The largest absolute Gasteiger partial charge is 0.480 e. The average Bonchev–Trinajstić information content (AvgIpc) is 2.08. The maximum Gasteiger partial charge on any atom is 0.317 e. The summed E-state index contributed by atoms with van der Waals surface area (Å²) in [4.78, 5) is 9.71. The quantitative estimate of drug-likeness (QED) is 0.831. The van der Waals surface area contributed by atoms with Crippen molar-refractivity contribution in [2.45, 2.75) is 11.2 Å². The van der Waals surface area contributed by atoms with Crippen molar-refractivity contribution in [3.8, 4) is 0 Å². The lowest BCUT2D eigenvalue weighted by Gasteiger charge is -2.04. The SMILES string of the molecule is O=C(O)[C@H](Br)Cc1ccccc1F. The minimum atomic E-state index is -0.983. The van der Waals surface area contributed by atoms with Crippen LogP contribution >= 0.6 is 15.9 Å². The number of halogens is 2. The number of aliphatic carboxylic acids is 1. The molecular formula is C9H8BrFO2. The van der Waals surface area contributed by atoms with E-state index in [1.54, 1.807) is 18.2 Å². The van der Waals surface area contributed by atoms with Gasteiger partial charge in [0.2, 0.25) is 0 Å². The van der Waals surface area contributed by atoms with Crippen LogP contribution in [0.4, 0.5) is 4.39 Å². The molecule has 4 heteroatoms. The van der Waals surface area contributed by atoms with Gasteiger partial charge in [0, 0.05) is 0 Å². The second-order valence-corrected chi connectivity index (χ2v) is 3.71. The zero-order valence-corrected chi connectivity index (χ0v) is 8.29. The molecule has 0 aliphatic heterocycles. The standard InChI is InChI=1S/C9H8BrFO2/c10-7(9(12)13)5-6-3-1-2-4-8(6)11/h1-4,7H,5H2,(H,12,13)/t7-/m1/s1. The fourth-order valence-electron chi connectivity index (χ4n) is 0.944. The Labute approximate surface area is 83.5 Å². The molecule has 0 heterocycles. The summed E-state index contributed by atoms with van der Waals surface area (Å²) < 4.78 is 13.0. The molecule has 0 aliphatic rings. The van der Waals surface area contributed by atoms with Crippen molar-refractivity contribution in [1.82, 2.24) is 0 Å². The highest BCUT2D eigenvalue weighted by atomic mass is 79.9. The summed E-state index contributed by atoms with van der Waals surface area (Å²) in [5.74, 6) is -1.35. The van der Waals surface area contributed by atoms with Crippen molar-refractivity contribution in [2.75, 3.05) is 0 Å². The minimum Gasteiger partial charge on any atom is -0.480 e. The molecule has 1 N–H and O–H groups in total. The highest BCUT2D eigenvalue weighted by Crippen LogP contribution is 2.13. The minimum absolute atomic E-state index is 0.155. The van der Waals surface area contributed by atoms with Gasteiger partial charge in [-0.15, -0.1) is 0 Å². The van der Waals surface area contributed by atoms with E-state index in [1.807, 2.05) is 0 Å². The number of carboxylic acids is 1. The van der Waals surface area contributed by atoms with Crippen LogP contribution in [0.25, 0.3) is 0 Å². The first kappa shape index (κ1) is 10.2. The molecule has 0 amide bonds. The second-order valence-electron chi connectivity index (χ2n) is 2.60. The second kappa shape index (κ2) is 4.37. The molecule has 0 fully saturated rings. The van der Waals surface area contributed by atoms with Crippen LogP contribution in [0.5, 0.6) is 0 Å². The zero-order valence-electron chi connectivity index (χ0n) is 6.71. The van der Waals surface area contributed by atoms with Crippen LogP contribution in [0.15, 0.2) is 24.3 Å². The Hall–Kier alpha value is -0.900. The molecule has 70 valence electrons. The lowest BCUT2D eigenvalue weighted by Crippen LogP contribution is -2.16. The number of hydrogen-bond acceptors (Lipinski definition) is 1. The van der Waals surface area contributed by atoms with E-state index in [1.165, 1.54) is 6.07 Å². The zero-order chi connectivity index (χ0) is 9.84. The molecule has 0 spiro atoms. The molecule has 1 atom stereocenters. The van der Waals surface area contributed by atoms with Crippen molar-refractivity contribution >= 4 is 21.9 Å². The lowest BCUT2D eigenvalue weighted by molar-refractivity contribution is -0.136. The molecule has 1 aromatic carbocycles. The fraction of sp³-hybridized carbons (Fsp3) is 0.222. The van der Waals surface area contributed by atoms with Crippen LogP contribution in [-0.2, 0) is 11.2 Å². The van der Waals surface area contributed by atoms with Crippen molar-refractivity contribution in [1.29, 1.82) is 0 Å². The van der Waals surface area contributed by atoms with Gasteiger partial charge in [0.1, 0.15) is 10.6 Å². The number of benzene rings is 1. The van der Waals surface area contributed by atoms with Gasteiger partial charge in [-0.2, -0.15) is 0 Å². The number of rotatable bonds is 3. The molecule has 2 nitrogen and oxygen atoms in total. The summed E-state index contributed by atoms with van der Waals surface area (Å²) >= 11 is 2.95. The molecule has 0 aromatic heterocycles. The topological polar surface area (TPSA) is 37.3 Å². The van der Waals surface area contributed by atoms with Gasteiger partial charge in [0.25, 0.3) is 0 Å². The van der Waals surface area contributed by atoms with Gasteiger partial charge in [-0.3, -0.25) is 4.79 Å². The van der Waals surface area contributed by atoms with Gasteiger partial charge in [-0.25, -0.2) is 4.39 Å². The summed E-state index contributed by atoms with van der Waals surface area (Å²) in [6, 6.07) is 6.15. The molecule has 13 heavy (non-hydrogen) atoms. The van der Waals surface area contributed by atoms with E-state index in [-0.39, 0.29) is 12.2 Å². The van der Waals surface area contributed by atoms with E-state index in [2.05, 4.69) is 15.9 Å². The Kier molecular flexibility index (Phi) is 3.42. The maximum absolute atomic E-state index is 13.0. The van der Waals surface area contributed by atoms with Crippen molar-refractivity contribution < 1.29 is 14.3 Å². The highest BCUT2D eigenvalue weighted by Gasteiger charge is 2.15. The number of alkyl halides is 1. The molecule has 1 aromatic rings. The van der Waals surface area contributed by atoms with Crippen LogP contribution in [0, 0.1) is 5.82 Å². The first-order valence-corrected chi connectivity index (χ1v) is 4.63. The van der Waals surface area contributed by atoms with Crippen LogP contribution in [0.1, 0.15) is 5.56 Å². The van der Waals surface area contributed by atoms with E-state index in [0.29, 0.717) is 5.56 Å². The molecule has 0 aliphatic carbocycles. The Morgan fingerprint density at radius 2 is 2.15 bits per heavy atom. The summed E-state index contributed by atoms with van der Waals surface area (Å²) in [5.41, 5.74) is 0.409. The summed E-state index contributed by atoms with van der Waals surface area (Å²) in [5, 5.41) is 8.56. The normalized spacial score (nSPS) is 12.5. The monoisotopic (exact) mass is 246 g/mol. The smallest absolute Gasteiger partial charge is 0.317 e. The van der Waals surface area contributed by atoms with Gasteiger partial charge in [0.15, 0.2) is 0 Å². The Morgan fingerprint density at radius 3 is 2.69 bits per heavy atom. The first-order valence-electron chi connectivity index (χ1n) is 3.71. The van der Waals surface area contributed by atoms with Crippen LogP contribution in [-0.4, -0.2) is 15.9 Å². The van der Waals surface area contributed by atoms with Gasteiger partial charge < -0.3 is 5.11 Å². The number of carboxylic acid groups (broad SMARTS) is 1. The molecule has 0 bridgehead atoms. The highest BCUT2D eigenvalue weighted by molar-refractivity contribution is 9.10. The summed E-state index contributed by atoms with van der Waals surface area (Å²) in [7, 11) is 0. The first-order chi connectivity index (χ1) is 6.11. The molecular weight excluding hydrogens is 239 g/mol. The van der Waals surface area contributed by atoms with Crippen molar-refractivity contribution in [2.24, 2.45) is 0 Å². The summed E-state index contributed by atoms with van der Waals surface area (Å²) in [6.45, 7) is 0. The number of hydrogen-bond donors (Lipinski definition) is 1. The van der Waals surface area contributed by atoms with Crippen LogP contribution in [0.3, 0.4) is 0 Å². The maximum atomic E-state index is 13.0. The van der Waals surface area contributed by atoms with Gasteiger partial charge >= 0.3 is 5.97 Å². The van der Waals surface area contributed by atoms with Gasteiger partial charge in [-0.1, -0.05) is 34.1 Å². The van der Waals surface area contributed by atoms with Crippen LogP contribution in [0.2, 0.25) is 0 Å². The Morgan fingerprint density at radius 1 is 1.54 bits per heavy atom. The summed E-state index contributed by atoms with van der Waals surface area (Å²) in [6.07, 6.45) is 0.155. The van der Waals surface area contributed by atoms with Crippen LogP contribution < -0.4 is 0 Å². The fourth-order valence-corrected chi connectivity index (χ4v) is 1.29. The van der Waals surface area contributed by atoms with E-state index in [4.69, 9.17) is 5.11 Å². The predicted octanol–water partition coefficient (Wildman–Crippen LogP) is 2.22. The Bertz CT molecular complexity index is 314. The Balaban J connectivity index is 2.74. The average molecular weight is 247 g/mol. The van der Waals surface area contributed by atoms with Crippen molar-refractivity contribution in [3.63, 3.8) is 0 Å². The number of carbonyl (C=O) groups is 1. The predicted molar refractivity (Wildman–Crippen MR) is 50.5 cm³/mol. The van der Waals surface area contributed by atoms with E-state index in [0.717, 1.165) is 0 Å². The molecule has 0 unspecified atom stereocenters. The molecule has 0 saturated carbocycles. The third kappa shape index (κ3) is 2.81. The van der Waals surface area contributed by atoms with E-state index >= 15 is 0 Å². The van der Waals surface area contributed by atoms with Crippen molar-refractivity contribution in [3.05, 3.63) is 35.6 Å². The van der Waals surface area contributed by atoms with E-state index in [9.17, 15) is 9.18 Å². The van der Waals surface area contributed by atoms with E-state index < -0.39 is 10.8 Å². The molecule has 1 rings (SSSR count). The van der Waals surface area contributed by atoms with Gasteiger partial charge in [0.05, 0.1) is 0 Å². The van der Waals surface area contributed by atoms with Gasteiger partial charge in [-0.05, 0) is 18.1 Å². The molecule has 0 saturated heterocycles. The third-order valence-corrected chi connectivity index (χ3v) is 2.34. The lowest BCUT2D eigenvalue weighted by atomic mass is 10.1. The molecule has 0 radical (unpaired) electrons. The third-order valence-electron chi connectivity index (χ3n) is 1.62.